The van der Waals surface area contributed by atoms with Crippen LogP contribution in [0.2, 0.25) is 0 Å². The molecule has 0 spiro atoms. The molecule has 0 aliphatic heterocycles. The highest BCUT2D eigenvalue weighted by atomic mass is 19.1. The minimum atomic E-state index is -0.275. The van der Waals surface area contributed by atoms with Crippen LogP contribution in [0.3, 0.4) is 0 Å². The molecule has 1 nitrogen and oxygen atoms in total. The Balaban J connectivity index is 1.64. The lowest BCUT2D eigenvalue weighted by molar-refractivity contribution is 0.633. The highest BCUT2D eigenvalue weighted by Gasteiger charge is 2.14. The summed E-state index contributed by atoms with van der Waals surface area (Å²) in [7, 11) is 0. The van der Waals surface area contributed by atoms with Crippen LogP contribution >= 0.6 is 0 Å². The van der Waals surface area contributed by atoms with Crippen LogP contribution in [-0.2, 0) is 0 Å². The molecule has 0 radical (unpaired) electrons. The van der Waals surface area contributed by atoms with Crippen LogP contribution in [0.25, 0.3) is 33.0 Å². The van der Waals surface area contributed by atoms with E-state index < -0.39 is 0 Å². The van der Waals surface area contributed by atoms with Crippen molar-refractivity contribution in [3.05, 3.63) is 121 Å². The van der Waals surface area contributed by atoms with Crippen molar-refractivity contribution in [2.45, 2.75) is 0 Å². The molecule has 1 N–H and O–H groups in total. The molecule has 0 fully saturated rings. The third kappa shape index (κ3) is 3.56. The smallest absolute Gasteiger partial charge is 0.147 e. The van der Waals surface area contributed by atoms with E-state index in [9.17, 15) is 0 Å². The van der Waals surface area contributed by atoms with Gasteiger partial charge in [0.25, 0.3) is 0 Å². The fraction of sp³-hybridized carbons (Fsp3) is 0. The molecule has 0 amide bonds. The van der Waals surface area contributed by atoms with Gasteiger partial charge < -0.3 is 5.32 Å². The maximum absolute atomic E-state index is 15.4. The Kier molecular flexibility index (Phi) is 4.74. The molecule has 0 aromatic heterocycles. The molecule has 0 unspecified atom stereocenters. The normalized spacial score (nSPS) is 10.8. The molecule has 0 saturated carbocycles. The maximum atomic E-state index is 15.4. The van der Waals surface area contributed by atoms with Gasteiger partial charge in [0.15, 0.2) is 0 Å². The van der Waals surface area contributed by atoms with Gasteiger partial charge in [0, 0.05) is 11.3 Å². The van der Waals surface area contributed by atoms with E-state index in [-0.39, 0.29) is 5.82 Å². The first-order valence-electron chi connectivity index (χ1n) is 9.98. The molecule has 0 aliphatic rings. The largest absolute Gasteiger partial charge is 0.353 e. The lowest BCUT2D eigenvalue weighted by Gasteiger charge is -2.16. The Hall–Kier alpha value is -3.91. The van der Waals surface area contributed by atoms with Crippen molar-refractivity contribution in [1.82, 2.24) is 0 Å². The van der Waals surface area contributed by atoms with Crippen LogP contribution < -0.4 is 5.32 Å². The zero-order chi connectivity index (χ0) is 20.3. The highest BCUT2D eigenvalue weighted by Crippen LogP contribution is 2.37. The standard InChI is InChI=1S/C28H20FN/c29-27-19-24(20-9-3-1-4-10-20)18-26(22-12-5-2-6-13-22)28(27)30-25-16-15-21-11-7-8-14-23(21)17-25/h1-19,30H. The van der Waals surface area contributed by atoms with Gasteiger partial charge in [0.2, 0.25) is 0 Å². The summed E-state index contributed by atoms with van der Waals surface area (Å²) in [4.78, 5) is 0. The molecule has 30 heavy (non-hydrogen) atoms. The van der Waals surface area contributed by atoms with Crippen LogP contribution in [0, 0.1) is 5.82 Å². The van der Waals surface area contributed by atoms with Crippen LogP contribution in [-0.4, -0.2) is 0 Å². The summed E-state index contributed by atoms with van der Waals surface area (Å²) in [5.74, 6) is -0.275. The molecule has 0 atom stereocenters. The lowest BCUT2D eigenvalue weighted by atomic mass is 9.96. The third-order valence-electron chi connectivity index (χ3n) is 5.30. The SMILES string of the molecule is Fc1cc(-c2ccccc2)cc(-c2ccccc2)c1Nc1ccc2ccccc2c1. The predicted molar refractivity (Wildman–Crippen MR) is 125 cm³/mol. The number of benzene rings is 5. The Morgan fingerprint density at radius 1 is 0.500 bits per heavy atom. The number of nitrogens with one attached hydrogen (secondary N) is 1. The van der Waals surface area contributed by atoms with E-state index >= 15 is 4.39 Å². The monoisotopic (exact) mass is 389 g/mol. The molecule has 5 aromatic rings. The Labute approximate surface area is 175 Å². The minimum absolute atomic E-state index is 0.275. The molecule has 0 heterocycles. The van der Waals surface area contributed by atoms with E-state index in [0.29, 0.717) is 5.69 Å². The summed E-state index contributed by atoms with van der Waals surface area (Å²) in [6, 6.07) is 37.8. The summed E-state index contributed by atoms with van der Waals surface area (Å²) in [5, 5.41) is 5.61. The molecule has 5 aromatic carbocycles. The van der Waals surface area contributed by atoms with Gasteiger partial charge in [-0.3, -0.25) is 0 Å². The second-order valence-electron chi connectivity index (χ2n) is 7.30. The Morgan fingerprint density at radius 3 is 1.87 bits per heavy atom. The topological polar surface area (TPSA) is 12.0 Å². The third-order valence-corrected chi connectivity index (χ3v) is 5.30. The summed E-state index contributed by atoms with van der Waals surface area (Å²) < 4.78 is 15.4. The minimum Gasteiger partial charge on any atom is -0.353 e. The molecule has 0 aliphatic carbocycles. The summed E-state index contributed by atoms with van der Waals surface area (Å²) in [6.45, 7) is 0. The average Bonchev–Trinajstić information content (AvgIpc) is 2.81. The van der Waals surface area contributed by atoms with Crippen molar-refractivity contribution in [3.8, 4) is 22.3 Å². The van der Waals surface area contributed by atoms with Crippen LogP contribution in [0.15, 0.2) is 115 Å². The zero-order valence-corrected chi connectivity index (χ0v) is 16.3. The van der Waals surface area contributed by atoms with Crippen LogP contribution in [0.1, 0.15) is 0 Å². The average molecular weight is 389 g/mol. The van der Waals surface area contributed by atoms with Crippen molar-refractivity contribution in [1.29, 1.82) is 0 Å². The van der Waals surface area contributed by atoms with E-state index in [1.807, 2.05) is 78.9 Å². The first-order chi connectivity index (χ1) is 14.8. The molecular weight excluding hydrogens is 369 g/mol. The number of rotatable bonds is 4. The maximum Gasteiger partial charge on any atom is 0.147 e. The number of fused-ring (bicyclic) bond motifs is 1. The number of halogens is 1. The highest BCUT2D eigenvalue weighted by molar-refractivity contribution is 5.89. The van der Waals surface area contributed by atoms with Gasteiger partial charge >= 0.3 is 0 Å². The number of hydrogen-bond acceptors (Lipinski definition) is 1. The fourth-order valence-electron chi connectivity index (χ4n) is 3.79. The fourth-order valence-corrected chi connectivity index (χ4v) is 3.79. The molecular formula is C28H20FN. The van der Waals surface area contributed by atoms with Gasteiger partial charge in [0.1, 0.15) is 5.82 Å². The van der Waals surface area contributed by atoms with Gasteiger partial charge in [-0.1, -0.05) is 91.0 Å². The van der Waals surface area contributed by atoms with Crippen molar-refractivity contribution in [2.24, 2.45) is 0 Å². The lowest BCUT2D eigenvalue weighted by Crippen LogP contribution is -1.98. The summed E-state index contributed by atoms with van der Waals surface area (Å²) in [5.41, 5.74) is 5.00. The second-order valence-corrected chi connectivity index (χ2v) is 7.30. The number of anilines is 2. The van der Waals surface area contributed by atoms with Crippen molar-refractivity contribution < 1.29 is 4.39 Å². The van der Waals surface area contributed by atoms with Gasteiger partial charge in [0.05, 0.1) is 5.69 Å². The van der Waals surface area contributed by atoms with Gasteiger partial charge in [-0.05, 0) is 51.7 Å². The second kappa shape index (κ2) is 7.84. The van der Waals surface area contributed by atoms with Crippen molar-refractivity contribution in [3.63, 3.8) is 0 Å². The Bertz CT molecular complexity index is 1310. The van der Waals surface area contributed by atoms with Crippen LogP contribution in [0.5, 0.6) is 0 Å². The van der Waals surface area contributed by atoms with Crippen molar-refractivity contribution >= 4 is 22.1 Å². The van der Waals surface area contributed by atoms with E-state index in [2.05, 4.69) is 35.6 Å². The number of hydrogen-bond donors (Lipinski definition) is 1. The molecule has 0 bridgehead atoms. The predicted octanol–water partition coefficient (Wildman–Crippen LogP) is 8.06. The van der Waals surface area contributed by atoms with E-state index in [4.69, 9.17) is 0 Å². The molecule has 2 heteroatoms. The molecule has 5 rings (SSSR count). The van der Waals surface area contributed by atoms with Crippen molar-refractivity contribution in [2.75, 3.05) is 5.32 Å². The first-order valence-corrected chi connectivity index (χ1v) is 9.98. The van der Waals surface area contributed by atoms with E-state index in [0.717, 1.165) is 38.7 Å². The van der Waals surface area contributed by atoms with E-state index in [1.165, 1.54) is 0 Å². The molecule has 144 valence electrons. The quantitative estimate of drug-likeness (QED) is 0.328. The zero-order valence-electron chi connectivity index (χ0n) is 16.3. The van der Waals surface area contributed by atoms with Gasteiger partial charge in [-0.25, -0.2) is 4.39 Å². The van der Waals surface area contributed by atoms with Gasteiger partial charge in [-0.15, -0.1) is 0 Å². The first kappa shape index (κ1) is 18.1. The van der Waals surface area contributed by atoms with Crippen LogP contribution in [0.4, 0.5) is 15.8 Å². The Morgan fingerprint density at radius 2 is 1.13 bits per heavy atom. The summed E-state index contributed by atoms with van der Waals surface area (Å²) >= 11 is 0. The van der Waals surface area contributed by atoms with E-state index in [1.54, 1.807) is 6.07 Å². The van der Waals surface area contributed by atoms with Gasteiger partial charge in [-0.2, -0.15) is 0 Å². The molecule has 0 saturated heterocycles. The summed E-state index contributed by atoms with van der Waals surface area (Å²) in [6.07, 6.45) is 0.